The van der Waals surface area contributed by atoms with Gasteiger partial charge in [-0.05, 0) is 57.7 Å². The van der Waals surface area contributed by atoms with Crippen LogP contribution in [0.4, 0.5) is 5.95 Å². The number of aromatic nitrogens is 4. The van der Waals surface area contributed by atoms with Gasteiger partial charge in [0.15, 0.2) is 0 Å². The van der Waals surface area contributed by atoms with E-state index >= 15 is 0 Å². The average molecular weight is 452 g/mol. The van der Waals surface area contributed by atoms with Gasteiger partial charge in [-0.3, -0.25) is 9.69 Å². The Kier molecular flexibility index (Phi) is 6.74. The van der Waals surface area contributed by atoms with Crippen molar-refractivity contribution in [2.24, 2.45) is 5.92 Å². The van der Waals surface area contributed by atoms with Crippen molar-refractivity contribution in [1.29, 1.82) is 0 Å². The molecule has 8 heteroatoms. The zero-order chi connectivity index (χ0) is 23.6. The second kappa shape index (κ2) is 9.55. The number of aromatic amines is 2. The van der Waals surface area contributed by atoms with Crippen LogP contribution < -0.4 is 10.2 Å². The first-order valence-corrected chi connectivity index (χ1v) is 12.0. The number of H-pyrrole nitrogens is 2. The number of para-hydroxylation sites is 1. The van der Waals surface area contributed by atoms with Gasteiger partial charge in [-0.1, -0.05) is 32.0 Å². The molecule has 0 saturated carbocycles. The number of carbonyl (C=O) groups is 1. The van der Waals surface area contributed by atoms with E-state index in [-0.39, 0.29) is 23.3 Å². The van der Waals surface area contributed by atoms with E-state index in [4.69, 9.17) is 0 Å². The van der Waals surface area contributed by atoms with Gasteiger partial charge >= 0.3 is 0 Å². The van der Waals surface area contributed by atoms with Gasteiger partial charge in [0.25, 0.3) is 5.91 Å². The van der Waals surface area contributed by atoms with Crippen molar-refractivity contribution in [2.75, 3.05) is 31.6 Å². The van der Waals surface area contributed by atoms with Crippen LogP contribution >= 0.6 is 0 Å². The molecule has 4 rings (SSSR count). The van der Waals surface area contributed by atoms with Crippen LogP contribution in [0.15, 0.2) is 30.5 Å². The Morgan fingerprint density at radius 1 is 1.18 bits per heavy atom. The normalized spacial score (nSPS) is 17.6. The van der Waals surface area contributed by atoms with Gasteiger partial charge in [0.05, 0.1) is 0 Å². The predicted octanol–water partition coefficient (Wildman–Crippen LogP) is 3.59. The zero-order valence-corrected chi connectivity index (χ0v) is 20.5. The molecule has 1 unspecified atom stereocenters. The molecular formula is C25H37N7O. The van der Waals surface area contributed by atoms with Crippen LogP contribution in [0.25, 0.3) is 10.9 Å². The number of likely N-dealkylation sites (N-methyl/N-ethyl adjacent to an activating group) is 1. The number of amides is 1. The van der Waals surface area contributed by atoms with Crippen LogP contribution in [-0.2, 0) is 6.42 Å². The summed E-state index contributed by atoms with van der Waals surface area (Å²) in [7, 11) is 2.14. The van der Waals surface area contributed by atoms with Gasteiger partial charge in [0.2, 0.25) is 11.8 Å². The number of anilines is 1. The number of hydrogen-bond acceptors (Lipinski definition) is 5. The fourth-order valence-corrected chi connectivity index (χ4v) is 4.50. The molecule has 1 atom stereocenters. The summed E-state index contributed by atoms with van der Waals surface area (Å²) in [6.07, 6.45) is 4.79. The summed E-state index contributed by atoms with van der Waals surface area (Å²) in [5.41, 5.74) is 2.38. The third-order valence-electron chi connectivity index (χ3n) is 6.87. The SMILES string of the molecule is CC(C)CCC(Cc1c[nH]c2ccccc12)NC(=O)c1nnc(N2CCN(C)C(C)(C)C2)[nH]1. The van der Waals surface area contributed by atoms with Gasteiger partial charge in [-0.2, -0.15) is 0 Å². The Morgan fingerprint density at radius 2 is 1.97 bits per heavy atom. The van der Waals surface area contributed by atoms with Crippen LogP contribution in [-0.4, -0.2) is 69.2 Å². The molecule has 1 amide bonds. The molecule has 0 spiro atoms. The van der Waals surface area contributed by atoms with E-state index in [9.17, 15) is 4.79 Å². The summed E-state index contributed by atoms with van der Waals surface area (Å²) in [4.78, 5) is 24.1. The van der Waals surface area contributed by atoms with Crippen molar-refractivity contribution in [1.82, 2.24) is 30.4 Å². The first-order valence-electron chi connectivity index (χ1n) is 12.0. The molecule has 8 nitrogen and oxygen atoms in total. The Hall–Kier alpha value is -2.87. The van der Waals surface area contributed by atoms with E-state index in [1.54, 1.807) is 0 Å². The second-order valence-electron chi connectivity index (χ2n) is 10.4. The molecule has 0 bridgehead atoms. The third-order valence-corrected chi connectivity index (χ3v) is 6.87. The number of nitrogens with zero attached hydrogens (tertiary/aromatic N) is 4. The Balaban J connectivity index is 1.46. The Labute approximate surface area is 196 Å². The molecule has 0 radical (unpaired) electrons. The van der Waals surface area contributed by atoms with Crippen molar-refractivity contribution in [3.63, 3.8) is 0 Å². The summed E-state index contributed by atoms with van der Waals surface area (Å²) in [5, 5.41) is 12.9. The maximum atomic E-state index is 13.1. The summed E-state index contributed by atoms with van der Waals surface area (Å²) in [5.74, 6) is 1.31. The first-order chi connectivity index (χ1) is 15.7. The van der Waals surface area contributed by atoms with Crippen molar-refractivity contribution < 1.29 is 4.79 Å². The van der Waals surface area contributed by atoms with Gasteiger partial charge in [0.1, 0.15) is 0 Å². The number of piperazine rings is 1. The number of hydrogen-bond donors (Lipinski definition) is 3. The fraction of sp³-hybridized carbons (Fsp3) is 0.560. The molecule has 3 aromatic rings. The molecule has 1 aliphatic rings. The van der Waals surface area contributed by atoms with Crippen LogP contribution in [0.2, 0.25) is 0 Å². The molecule has 3 N–H and O–H groups in total. The van der Waals surface area contributed by atoms with E-state index in [2.05, 4.69) is 94.4 Å². The van der Waals surface area contributed by atoms with E-state index < -0.39 is 0 Å². The monoisotopic (exact) mass is 451 g/mol. The summed E-state index contributed by atoms with van der Waals surface area (Å²) >= 11 is 0. The quantitative estimate of drug-likeness (QED) is 0.487. The summed E-state index contributed by atoms with van der Waals surface area (Å²) in [6, 6.07) is 8.31. The van der Waals surface area contributed by atoms with Crippen molar-refractivity contribution in [2.45, 2.75) is 58.5 Å². The largest absolute Gasteiger partial charge is 0.361 e. The topological polar surface area (TPSA) is 92.9 Å². The molecule has 1 aromatic carbocycles. The number of carbonyl (C=O) groups excluding carboxylic acids is 1. The average Bonchev–Trinajstić information content (AvgIpc) is 3.42. The molecule has 0 aliphatic carbocycles. The maximum absolute atomic E-state index is 13.1. The lowest BCUT2D eigenvalue weighted by Gasteiger charge is -2.45. The standard InChI is InChI=1S/C25H37N7O/c1-17(2)10-11-19(14-18-15-26-21-9-7-6-8-20(18)21)27-23(33)22-28-24(30-29-22)32-13-12-31(5)25(3,4)16-32/h6-9,15,17,19,26H,10-14,16H2,1-5H3,(H,27,33)(H,28,29,30). The summed E-state index contributed by atoms with van der Waals surface area (Å²) in [6.45, 7) is 11.5. The minimum Gasteiger partial charge on any atom is -0.361 e. The van der Waals surface area contributed by atoms with Crippen molar-refractivity contribution in [3.8, 4) is 0 Å². The van der Waals surface area contributed by atoms with E-state index in [0.29, 0.717) is 11.9 Å². The van der Waals surface area contributed by atoms with Crippen LogP contribution in [0, 0.1) is 5.92 Å². The zero-order valence-electron chi connectivity index (χ0n) is 20.5. The van der Waals surface area contributed by atoms with Crippen LogP contribution in [0.3, 0.4) is 0 Å². The van der Waals surface area contributed by atoms with Crippen LogP contribution in [0.5, 0.6) is 0 Å². The third kappa shape index (κ3) is 5.38. The molecular weight excluding hydrogens is 414 g/mol. The number of rotatable bonds is 8. The molecule has 1 aliphatic heterocycles. The molecule has 33 heavy (non-hydrogen) atoms. The fourth-order valence-electron chi connectivity index (χ4n) is 4.50. The highest BCUT2D eigenvalue weighted by atomic mass is 16.2. The molecule has 178 valence electrons. The molecule has 1 saturated heterocycles. The highest BCUT2D eigenvalue weighted by Gasteiger charge is 2.32. The highest BCUT2D eigenvalue weighted by Crippen LogP contribution is 2.23. The van der Waals surface area contributed by atoms with Gasteiger partial charge in [0, 0.05) is 48.3 Å². The molecule has 1 fully saturated rings. The first kappa shape index (κ1) is 23.3. The van der Waals surface area contributed by atoms with E-state index in [0.717, 1.165) is 44.4 Å². The van der Waals surface area contributed by atoms with Gasteiger partial charge in [-0.15, -0.1) is 10.2 Å². The van der Waals surface area contributed by atoms with Gasteiger partial charge in [-0.25, -0.2) is 0 Å². The van der Waals surface area contributed by atoms with Gasteiger partial charge < -0.3 is 20.2 Å². The number of benzene rings is 1. The number of nitrogens with one attached hydrogen (secondary N) is 3. The predicted molar refractivity (Wildman–Crippen MR) is 133 cm³/mol. The molecule has 3 heterocycles. The van der Waals surface area contributed by atoms with Crippen LogP contribution in [0.1, 0.15) is 56.7 Å². The van der Waals surface area contributed by atoms with Crippen molar-refractivity contribution >= 4 is 22.8 Å². The van der Waals surface area contributed by atoms with Crippen molar-refractivity contribution in [3.05, 3.63) is 41.9 Å². The molecule has 2 aromatic heterocycles. The lowest BCUT2D eigenvalue weighted by Crippen LogP contribution is -2.58. The Bertz CT molecular complexity index is 1080. The number of fused-ring (bicyclic) bond motifs is 1. The van der Waals surface area contributed by atoms with E-state index in [1.807, 2.05) is 6.07 Å². The minimum absolute atomic E-state index is 0.0234. The lowest BCUT2D eigenvalue weighted by atomic mass is 9.97. The minimum atomic E-state index is -0.198. The Morgan fingerprint density at radius 3 is 2.73 bits per heavy atom. The lowest BCUT2D eigenvalue weighted by molar-refractivity contribution is 0.0923. The summed E-state index contributed by atoms with van der Waals surface area (Å²) < 4.78 is 0. The van der Waals surface area contributed by atoms with E-state index in [1.165, 1.54) is 10.9 Å². The second-order valence-corrected chi connectivity index (χ2v) is 10.4. The highest BCUT2D eigenvalue weighted by molar-refractivity contribution is 5.91. The maximum Gasteiger partial charge on any atom is 0.289 e. The smallest absolute Gasteiger partial charge is 0.289 e.